The second kappa shape index (κ2) is 9.37. The first-order valence-electron chi connectivity index (χ1n) is 9.56. The lowest BCUT2D eigenvalue weighted by Gasteiger charge is -2.35. The summed E-state index contributed by atoms with van der Waals surface area (Å²) >= 11 is 1.35. The van der Waals surface area contributed by atoms with Crippen LogP contribution in [-0.4, -0.2) is 52.4 Å². The number of methoxy groups -OCH3 is 1. The lowest BCUT2D eigenvalue weighted by atomic mass is 10.0. The summed E-state index contributed by atoms with van der Waals surface area (Å²) in [6, 6.07) is 7.66. The minimum atomic E-state index is -0.0861. The molecule has 0 saturated carbocycles. The number of para-hydroxylation sites is 1. The quantitative estimate of drug-likeness (QED) is 0.538. The lowest BCUT2D eigenvalue weighted by Crippen LogP contribution is -2.44. The molecule has 146 valence electrons. The van der Waals surface area contributed by atoms with Crippen LogP contribution in [-0.2, 0) is 16.1 Å². The molecule has 1 aromatic carbocycles. The first-order chi connectivity index (χ1) is 13.2. The molecule has 1 aromatic heterocycles. The topological polar surface area (TPSA) is 64.4 Å². The third kappa shape index (κ3) is 4.52. The lowest BCUT2D eigenvalue weighted by molar-refractivity contribution is -0.132. The van der Waals surface area contributed by atoms with Crippen molar-refractivity contribution in [1.82, 2.24) is 14.5 Å². The highest BCUT2D eigenvalue weighted by Crippen LogP contribution is 2.23. The molecule has 1 amide bonds. The molecule has 27 heavy (non-hydrogen) atoms. The summed E-state index contributed by atoms with van der Waals surface area (Å²) in [5.41, 5.74) is 0.576. The van der Waals surface area contributed by atoms with Crippen LogP contribution in [0.1, 0.15) is 32.6 Å². The summed E-state index contributed by atoms with van der Waals surface area (Å²) in [6.07, 6.45) is 4.33. The third-order valence-corrected chi connectivity index (χ3v) is 6.05. The highest BCUT2D eigenvalue weighted by Gasteiger charge is 2.25. The summed E-state index contributed by atoms with van der Waals surface area (Å²) in [7, 11) is 1.61. The van der Waals surface area contributed by atoms with Gasteiger partial charge in [-0.25, -0.2) is 4.98 Å². The summed E-state index contributed by atoms with van der Waals surface area (Å²) in [4.78, 5) is 32.3. The molecule has 0 spiro atoms. The Hall–Kier alpha value is -1.86. The van der Waals surface area contributed by atoms with E-state index in [1.165, 1.54) is 18.2 Å². The first-order valence-corrected chi connectivity index (χ1v) is 10.5. The average Bonchev–Trinajstić information content (AvgIpc) is 2.71. The van der Waals surface area contributed by atoms with Gasteiger partial charge in [0.1, 0.15) is 0 Å². The Balaban J connectivity index is 1.82. The van der Waals surface area contributed by atoms with Crippen molar-refractivity contribution >= 4 is 28.6 Å². The maximum Gasteiger partial charge on any atom is 0.262 e. The number of hydrogen-bond acceptors (Lipinski definition) is 5. The molecule has 0 N–H and O–H groups in total. The summed E-state index contributed by atoms with van der Waals surface area (Å²) in [6.45, 7) is 3.81. The van der Waals surface area contributed by atoms with Crippen molar-refractivity contribution in [3.63, 3.8) is 0 Å². The zero-order chi connectivity index (χ0) is 19.2. The van der Waals surface area contributed by atoms with Crippen LogP contribution in [0.3, 0.4) is 0 Å². The number of piperidine rings is 1. The van der Waals surface area contributed by atoms with Crippen LogP contribution in [0.2, 0.25) is 0 Å². The van der Waals surface area contributed by atoms with Gasteiger partial charge in [-0.2, -0.15) is 0 Å². The van der Waals surface area contributed by atoms with Crippen LogP contribution < -0.4 is 5.56 Å². The highest BCUT2D eigenvalue weighted by molar-refractivity contribution is 7.99. The highest BCUT2D eigenvalue weighted by atomic mass is 32.2. The van der Waals surface area contributed by atoms with Crippen molar-refractivity contribution in [3.05, 3.63) is 34.6 Å². The molecule has 0 radical (unpaired) electrons. The maximum absolute atomic E-state index is 12.9. The number of fused-ring (bicyclic) bond motifs is 1. The number of hydrogen-bond donors (Lipinski definition) is 0. The molecule has 0 unspecified atom stereocenters. The van der Waals surface area contributed by atoms with Gasteiger partial charge in [0.2, 0.25) is 5.91 Å². The molecule has 0 bridgehead atoms. The Labute approximate surface area is 163 Å². The second-order valence-electron chi connectivity index (χ2n) is 6.79. The number of nitrogens with zero attached hydrogens (tertiary/aromatic N) is 3. The van der Waals surface area contributed by atoms with Crippen LogP contribution in [0, 0.1) is 0 Å². The molecule has 1 saturated heterocycles. The van der Waals surface area contributed by atoms with Gasteiger partial charge in [-0.1, -0.05) is 30.8 Å². The Morgan fingerprint density at radius 1 is 1.33 bits per heavy atom. The number of likely N-dealkylation sites (tertiary alicyclic amines) is 1. The number of ether oxygens (including phenoxy) is 1. The molecular weight excluding hydrogens is 362 g/mol. The van der Waals surface area contributed by atoms with Gasteiger partial charge in [0, 0.05) is 19.7 Å². The number of rotatable bonds is 7. The Kier molecular flexibility index (Phi) is 6.90. The fraction of sp³-hybridized carbons (Fsp3) is 0.550. The molecule has 1 fully saturated rings. The van der Waals surface area contributed by atoms with Gasteiger partial charge in [-0.3, -0.25) is 14.2 Å². The van der Waals surface area contributed by atoms with Crippen LogP contribution >= 0.6 is 11.8 Å². The van der Waals surface area contributed by atoms with Crippen molar-refractivity contribution < 1.29 is 9.53 Å². The van der Waals surface area contributed by atoms with E-state index < -0.39 is 0 Å². The number of carbonyl (C=O) groups is 1. The van der Waals surface area contributed by atoms with E-state index in [1.807, 2.05) is 23.1 Å². The van der Waals surface area contributed by atoms with E-state index in [-0.39, 0.29) is 11.5 Å². The number of carbonyl (C=O) groups excluding carboxylic acids is 1. The largest absolute Gasteiger partial charge is 0.383 e. The van der Waals surface area contributed by atoms with E-state index in [2.05, 4.69) is 11.9 Å². The van der Waals surface area contributed by atoms with Gasteiger partial charge in [0.15, 0.2) is 5.16 Å². The number of aromatic nitrogens is 2. The van der Waals surface area contributed by atoms with E-state index in [0.29, 0.717) is 41.0 Å². The van der Waals surface area contributed by atoms with Crippen LogP contribution in [0.4, 0.5) is 0 Å². The number of amides is 1. The second-order valence-corrected chi connectivity index (χ2v) is 7.74. The standard InChI is InChI=1S/C20H27N3O3S/c1-3-15-8-6-7-11-22(15)18(24)14-27-20-21-17-10-5-4-9-16(17)19(25)23(20)12-13-26-2/h4-5,9-10,15H,3,6-8,11-14H2,1-2H3/t15-/m1/s1. The SMILES string of the molecule is CC[C@@H]1CCCCN1C(=O)CSc1nc2ccccc2c(=O)n1CCOC. The Morgan fingerprint density at radius 2 is 2.15 bits per heavy atom. The van der Waals surface area contributed by atoms with E-state index >= 15 is 0 Å². The molecule has 7 heteroatoms. The van der Waals surface area contributed by atoms with Crippen LogP contribution in [0.15, 0.2) is 34.2 Å². The number of benzene rings is 1. The predicted octanol–water partition coefficient (Wildman–Crippen LogP) is 2.93. The van der Waals surface area contributed by atoms with Gasteiger partial charge in [-0.15, -0.1) is 0 Å². The van der Waals surface area contributed by atoms with E-state index in [0.717, 1.165) is 25.8 Å². The van der Waals surface area contributed by atoms with E-state index in [1.54, 1.807) is 17.7 Å². The average molecular weight is 390 g/mol. The number of thioether (sulfide) groups is 1. The van der Waals surface area contributed by atoms with Crippen molar-refractivity contribution in [2.75, 3.05) is 26.0 Å². The molecule has 6 nitrogen and oxygen atoms in total. The van der Waals surface area contributed by atoms with Crippen molar-refractivity contribution in [2.45, 2.75) is 50.4 Å². The summed E-state index contributed by atoms with van der Waals surface area (Å²) in [5, 5.41) is 1.17. The minimum Gasteiger partial charge on any atom is -0.383 e. The van der Waals surface area contributed by atoms with Gasteiger partial charge in [-0.05, 0) is 37.8 Å². The first kappa shape index (κ1) is 19.9. The molecule has 1 aliphatic rings. The molecule has 2 heterocycles. The zero-order valence-electron chi connectivity index (χ0n) is 16.0. The van der Waals surface area contributed by atoms with E-state index in [9.17, 15) is 9.59 Å². The van der Waals surface area contributed by atoms with Crippen molar-refractivity contribution in [2.24, 2.45) is 0 Å². The van der Waals surface area contributed by atoms with Crippen LogP contribution in [0.25, 0.3) is 10.9 Å². The van der Waals surface area contributed by atoms with E-state index in [4.69, 9.17) is 4.74 Å². The van der Waals surface area contributed by atoms with Gasteiger partial charge in [0.05, 0.1) is 29.8 Å². The van der Waals surface area contributed by atoms with Gasteiger partial charge >= 0.3 is 0 Å². The molecular formula is C20H27N3O3S. The molecule has 1 aliphatic heterocycles. The monoisotopic (exact) mass is 389 g/mol. The normalized spacial score (nSPS) is 17.4. The molecule has 0 aliphatic carbocycles. The molecule has 1 atom stereocenters. The Bertz CT molecular complexity index is 852. The fourth-order valence-electron chi connectivity index (χ4n) is 3.60. The zero-order valence-corrected chi connectivity index (χ0v) is 16.8. The summed E-state index contributed by atoms with van der Waals surface area (Å²) in [5.74, 6) is 0.432. The molecule has 2 aromatic rings. The minimum absolute atomic E-state index is 0.0861. The summed E-state index contributed by atoms with van der Waals surface area (Å²) < 4.78 is 6.77. The maximum atomic E-state index is 12.9. The van der Waals surface area contributed by atoms with Crippen molar-refractivity contribution in [1.29, 1.82) is 0 Å². The fourth-order valence-corrected chi connectivity index (χ4v) is 4.51. The third-order valence-electron chi connectivity index (χ3n) is 5.09. The van der Waals surface area contributed by atoms with Crippen molar-refractivity contribution in [3.8, 4) is 0 Å². The smallest absolute Gasteiger partial charge is 0.262 e. The Morgan fingerprint density at radius 3 is 2.93 bits per heavy atom. The van der Waals surface area contributed by atoms with Gasteiger partial charge < -0.3 is 9.64 Å². The predicted molar refractivity (Wildman–Crippen MR) is 108 cm³/mol. The van der Waals surface area contributed by atoms with Crippen LogP contribution in [0.5, 0.6) is 0 Å². The van der Waals surface area contributed by atoms with Gasteiger partial charge in [0.25, 0.3) is 5.56 Å². The molecule has 3 rings (SSSR count).